The lowest BCUT2D eigenvalue weighted by molar-refractivity contribution is 0.209. The topological polar surface area (TPSA) is 52.5 Å². The molecule has 0 unspecified atom stereocenters. The number of fused-ring (bicyclic) bond motifs is 1. The number of hydrogen-bond acceptors (Lipinski definition) is 6. The highest BCUT2D eigenvalue weighted by molar-refractivity contribution is 7.18. The zero-order valence-corrected chi connectivity index (χ0v) is 15.7. The molecule has 2 heterocycles. The van der Waals surface area contributed by atoms with Crippen molar-refractivity contribution < 1.29 is 5.11 Å². The smallest absolute Gasteiger partial charge is 0.141 e. The van der Waals surface area contributed by atoms with Crippen LogP contribution in [0.1, 0.15) is 37.5 Å². The van der Waals surface area contributed by atoms with Gasteiger partial charge in [-0.2, -0.15) is 0 Å². The SMILES string of the molecule is CCc1cc2c(N(CCO)C3CCC(N(C)C)CC3)ncnc2s1. The lowest BCUT2D eigenvalue weighted by Gasteiger charge is -2.39. The third-order valence-electron chi connectivity index (χ3n) is 5.16. The van der Waals surface area contributed by atoms with E-state index in [1.165, 1.54) is 17.7 Å². The van der Waals surface area contributed by atoms with Crippen LogP contribution >= 0.6 is 11.3 Å². The van der Waals surface area contributed by atoms with E-state index >= 15 is 0 Å². The van der Waals surface area contributed by atoms with Crippen LogP contribution in [0, 0.1) is 0 Å². The number of thiophene rings is 1. The molecule has 0 aliphatic heterocycles. The van der Waals surface area contributed by atoms with Crippen LogP contribution in [0.2, 0.25) is 0 Å². The van der Waals surface area contributed by atoms with Gasteiger partial charge in [0.1, 0.15) is 17.0 Å². The molecule has 1 fully saturated rings. The van der Waals surface area contributed by atoms with Gasteiger partial charge in [0.05, 0.1) is 12.0 Å². The Morgan fingerprint density at radius 2 is 1.88 bits per heavy atom. The fraction of sp³-hybridized carbons (Fsp3) is 0.667. The van der Waals surface area contributed by atoms with Crippen molar-refractivity contribution in [1.82, 2.24) is 14.9 Å². The quantitative estimate of drug-likeness (QED) is 0.870. The number of hydrogen-bond donors (Lipinski definition) is 1. The van der Waals surface area contributed by atoms with Crippen LogP contribution in [0.3, 0.4) is 0 Å². The van der Waals surface area contributed by atoms with E-state index in [1.54, 1.807) is 17.7 Å². The first-order valence-electron chi connectivity index (χ1n) is 8.91. The highest BCUT2D eigenvalue weighted by Crippen LogP contribution is 2.34. The Hall–Kier alpha value is -1.24. The Balaban J connectivity index is 1.87. The van der Waals surface area contributed by atoms with Crippen LogP contribution in [-0.4, -0.2) is 59.3 Å². The van der Waals surface area contributed by atoms with E-state index in [0.29, 0.717) is 18.6 Å². The number of rotatable bonds is 6. The number of nitrogens with zero attached hydrogens (tertiary/aromatic N) is 4. The number of aliphatic hydroxyl groups is 1. The molecule has 0 amide bonds. The highest BCUT2D eigenvalue weighted by Gasteiger charge is 2.28. The monoisotopic (exact) mass is 348 g/mol. The normalized spacial score (nSPS) is 21.5. The van der Waals surface area contributed by atoms with E-state index in [-0.39, 0.29) is 6.61 Å². The molecule has 0 radical (unpaired) electrons. The van der Waals surface area contributed by atoms with E-state index in [2.05, 4.69) is 46.9 Å². The fourth-order valence-corrected chi connectivity index (χ4v) is 4.68. The van der Waals surface area contributed by atoms with Gasteiger partial charge in [-0.1, -0.05) is 6.92 Å². The Bertz CT molecular complexity index is 664. The van der Waals surface area contributed by atoms with Crippen molar-refractivity contribution in [2.45, 2.75) is 51.1 Å². The molecule has 6 heteroatoms. The molecule has 24 heavy (non-hydrogen) atoms. The van der Waals surface area contributed by atoms with Crippen molar-refractivity contribution in [1.29, 1.82) is 0 Å². The van der Waals surface area contributed by atoms with E-state index in [0.717, 1.165) is 35.3 Å². The molecule has 1 aliphatic rings. The molecule has 132 valence electrons. The molecular formula is C18H28N4OS. The molecule has 0 atom stereocenters. The molecule has 0 aromatic carbocycles. The van der Waals surface area contributed by atoms with Crippen molar-refractivity contribution in [2.24, 2.45) is 0 Å². The summed E-state index contributed by atoms with van der Waals surface area (Å²) in [6.45, 7) is 2.97. The van der Waals surface area contributed by atoms with E-state index in [1.807, 2.05) is 0 Å². The highest BCUT2D eigenvalue weighted by atomic mass is 32.1. The van der Waals surface area contributed by atoms with Gasteiger partial charge in [-0.3, -0.25) is 0 Å². The van der Waals surface area contributed by atoms with Crippen molar-refractivity contribution in [3.8, 4) is 0 Å². The van der Waals surface area contributed by atoms with Crippen LogP contribution in [0.15, 0.2) is 12.4 Å². The van der Waals surface area contributed by atoms with Gasteiger partial charge < -0.3 is 14.9 Å². The first-order valence-corrected chi connectivity index (χ1v) is 9.73. The first-order chi connectivity index (χ1) is 11.6. The molecule has 1 saturated carbocycles. The molecule has 5 nitrogen and oxygen atoms in total. The first kappa shape index (κ1) is 17.6. The third-order valence-corrected chi connectivity index (χ3v) is 6.35. The minimum Gasteiger partial charge on any atom is -0.395 e. The maximum Gasteiger partial charge on any atom is 0.141 e. The average Bonchev–Trinajstić information content (AvgIpc) is 3.03. The predicted molar refractivity (Wildman–Crippen MR) is 101 cm³/mol. The van der Waals surface area contributed by atoms with Crippen LogP contribution in [0.25, 0.3) is 10.2 Å². The van der Waals surface area contributed by atoms with Gasteiger partial charge in [0.15, 0.2) is 0 Å². The Morgan fingerprint density at radius 1 is 1.17 bits per heavy atom. The van der Waals surface area contributed by atoms with Crippen molar-refractivity contribution in [2.75, 3.05) is 32.1 Å². The van der Waals surface area contributed by atoms with Gasteiger partial charge in [0, 0.05) is 23.5 Å². The van der Waals surface area contributed by atoms with Crippen LogP contribution in [-0.2, 0) is 6.42 Å². The summed E-state index contributed by atoms with van der Waals surface area (Å²) in [6, 6.07) is 3.36. The summed E-state index contributed by atoms with van der Waals surface area (Å²) in [6.07, 6.45) is 7.41. The number of aryl methyl sites for hydroxylation is 1. The van der Waals surface area contributed by atoms with Crippen LogP contribution in [0.5, 0.6) is 0 Å². The Morgan fingerprint density at radius 3 is 2.50 bits per heavy atom. The van der Waals surface area contributed by atoms with E-state index < -0.39 is 0 Å². The second kappa shape index (κ2) is 7.76. The summed E-state index contributed by atoms with van der Waals surface area (Å²) >= 11 is 1.75. The second-order valence-corrected chi connectivity index (χ2v) is 7.94. The van der Waals surface area contributed by atoms with Crippen molar-refractivity contribution in [3.05, 3.63) is 17.3 Å². The van der Waals surface area contributed by atoms with Gasteiger partial charge in [-0.15, -0.1) is 11.3 Å². The summed E-state index contributed by atoms with van der Waals surface area (Å²) in [4.78, 5) is 16.1. The molecular weight excluding hydrogens is 320 g/mol. The number of aromatic nitrogens is 2. The third kappa shape index (κ3) is 3.55. The predicted octanol–water partition coefficient (Wildman–Crippen LogP) is 2.93. The summed E-state index contributed by atoms with van der Waals surface area (Å²) in [5, 5.41) is 10.7. The second-order valence-electron chi connectivity index (χ2n) is 6.83. The minimum atomic E-state index is 0.157. The Kier molecular flexibility index (Phi) is 5.69. The molecule has 1 aliphatic carbocycles. The molecule has 3 rings (SSSR count). The number of anilines is 1. The lowest BCUT2D eigenvalue weighted by Crippen LogP contribution is -2.43. The van der Waals surface area contributed by atoms with Crippen LogP contribution in [0.4, 0.5) is 5.82 Å². The van der Waals surface area contributed by atoms with Gasteiger partial charge in [-0.25, -0.2) is 9.97 Å². The lowest BCUT2D eigenvalue weighted by atomic mass is 9.89. The van der Waals surface area contributed by atoms with E-state index in [9.17, 15) is 5.11 Å². The molecule has 0 bridgehead atoms. The zero-order chi connectivity index (χ0) is 17.1. The minimum absolute atomic E-state index is 0.157. The molecule has 0 saturated heterocycles. The fourth-order valence-electron chi connectivity index (χ4n) is 3.75. The molecule has 2 aromatic heterocycles. The van der Waals surface area contributed by atoms with Gasteiger partial charge in [0.25, 0.3) is 0 Å². The average molecular weight is 349 g/mol. The Labute approximate surface area is 148 Å². The summed E-state index contributed by atoms with van der Waals surface area (Å²) in [5.41, 5.74) is 0. The zero-order valence-electron chi connectivity index (χ0n) is 14.9. The summed E-state index contributed by atoms with van der Waals surface area (Å²) in [5.74, 6) is 0.998. The van der Waals surface area contributed by atoms with Crippen molar-refractivity contribution >= 4 is 27.4 Å². The van der Waals surface area contributed by atoms with Gasteiger partial charge >= 0.3 is 0 Å². The summed E-state index contributed by atoms with van der Waals surface area (Å²) in [7, 11) is 4.34. The van der Waals surface area contributed by atoms with E-state index in [4.69, 9.17) is 0 Å². The van der Waals surface area contributed by atoms with Crippen LogP contribution < -0.4 is 4.90 Å². The van der Waals surface area contributed by atoms with Gasteiger partial charge in [-0.05, 0) is 52.3 Å². The number of aliphatic hydroxyl groups excluding tert-OH is 1. The largest absolute Gasteiger partial charge is 0.395 e. The maximum atomic E-state index is 9.60. The molecule has 2 aromatic rings. The van der Waals surface area contributed by atoms with Crippen molar-refractivity contribution in [3.63, 3.8) is 0 Å². The molecule has 1 N–H and O–H groups in total. The molecule has 0 spiro atoms. The maximum absolute atomic E-state index is 9.60. The summed E-state index contributed by atoms with van der Waals surface area (Å²) < 4.78 is 0. The van der Waals surface area contributed by atoms with Gasteiger partial charge in [0.2, 0.25) is 0 Å². The standard InChI is InChI=1S/C18H28N4OS/c1-4-15-11-16-17(19-12-20-18(16)24-15)22(9-10-23)14-7-5-13(6-8-14)21(2)3/h11-14,23H,4-10H2,1-3H3.